The molecule has 0 heterocycles. The average Bonchev–Trinajstić information content (AvgIpc) is 2.59. The lowest BCUT2D eigenvalue weighted by molar-refractivity contribution is 0.549. The fourth-order valence-corrected chi connectivity index (χ4v) is 4.53. The number of fused-ring (bicyclic) bond motifs is 1. The van der Waals surface area contributed by atoms with Crippen molar-refractivity contribution in [3.63, 3.8) is 0 Å². The number of benzene rings is 2. The van der Waals surface area contributed by atoms with Gasteiger partial charge in [-0.25, -0.2) is 17.5 Å². The minimum Gasteiger partial charge on any atom is -0.207 e. The molecule has 2 aromatic rings. The molecule has 0 fully saturated rings. The largest absolute Gasteiger partial charge is 0.241 e. The van der Waals surface area contributed by atoms with E-state index in [0.717, 1.165) is 30.5 Å². The zero-order valence-electron chi connectivity index (χ0n) is 13.8. The number of hydrogen-bond donors (Lipinski definition) is 1. The van der Waals surface area contributed by atoms with Gasteiger partial charge in [-0.2, -0.15) is 0 Å². The van der Waals surface area contributed by atoms with Crippen molar-refractivity contribution < 1.29 is 12.8 Å². The smallest absolute Gasteiger partial charge is 0.207 e. The molecular formula is C19H22FNO2S. The van der Waals surface area contributed by atoms with E-state index in [9.17, 15) is 12.8 Å². The Morgan fingerprint density at radius 3 is 2.38 bits per heavy atom. The van der Waals surface area contributed by atoms with E-state index in [1.165, 1.54) is 36.1 Å². The van der Waals surface area contributed by atoms with Gasteiger partial charge in [0, 0.05) is 6.04 Å². The van der Waals surface area contributed by atoms with Crippen molar-refractivity contribution in [2.75, 3.05) is 0 Å². The number of aryl methyl sites for hydroxylation is 2. The average molecular weight is 347 g/mol. The molecule has 3 nitrogen and oxygen atoms in total. The van der Waals surface area contributed by atoms with Crippen molar-refractivity contribution in [3.05, 3.63) is 65.0 Å². The molecular weight excluding hydrogens is 325 g/mol. The summed E-state index contributed by atoms with van der Waals surface area (Å²) in [7, 11) is -3.67. The topological polar surface area (TPSA) is 46.2 Å². The maximum atomic E-state index is 13.0. The van der Waals surface area contributed by atoms with Crippen LogP contribution in [0.2, 0.25) is 0 Å². The minimum absolute atomic E-state index is 0.0836. The van der Waals surface area contributed by atoms with Crippen LogP contribution in [-0.2, 0) is 22.9 Å². The second-order valence-electron chi connectivity index (χ2n) is 6.27. The number of rotatable bonds is 5. The number of halogens is 1. The highest BCUT2D eigenvalue weighted by Crippen LogP contribution is 2.27. The number of hydrogen-bond acceptors (Lipinski definition) is 2. The van der Waals surface area contributed by atoms with Crippen molar-refractivity contribution in [2.24, 2.45) is 0 Å². The molecule has 0 unspecified atom stereocenters. The Kier molecular flexibility index (Phi) is 5.01. The molecule has 24 heavy (non-hydrogen) atoms. The van der Waals surface area contributed by atoms with E-state index in [4.69, 9.17) is 0 Å². The molecule has 0 spiro atoms. The Labute approximate surface area is 143 Å². The first-order valence-corrected chi connectivity index (χ1v) is 9.87. The lowest BCUT2D eigenvalue weighted by Gasteiger charge is -2.21. The Morgan fingerprint density at radius 2 is 1.71 bits per heavy atom. The predicted octanol–water partition coefficient (Wildman–Crippen LogP) is 4.13. The molecule has 1 atom stereocenters. The van der Waals surface area contributed by atoms with E-state index in [1.54, 1.807) is 0 Å². The van der Waals surface area contributed by atoms with E-state index < -0.39 is 15.8 Å². The van der Waals surface area contributed by atoms with Crippen LogP contribution in [0.4, 0.5) is 4.39 Å². The van der Waals surface area contributed by atoms with Gasteiger partial charge >= 0.3 is 0 Å². The van der Waals surface area contributed by atoms with Crippen LogP contribution in [0.1, 0.15) is 48.9 Å². The van der Waals surface area contributed by atoms with E-state index in [2.05, 4.69) is 16.9 Å². The molecule has 0 aliphatic heterocycles. The molecule has 3 rings (SSSR count). The summed E-state index contributed by atoms with van der Waals surface area (Å²) < 4.78 is 40.8. The summed E-state index contributed by atoms with van der Waals surface area (Å²) in [4.78, 5) is 0.0836. The molecule has 2 aromatic carbocycles. The molecule has 0 saturated carbocycles. The summed E-state index contributed by atoms with van der Waals surface area (Å²) in [6.45, 7) is 1.96. The summed E-state index contributed by atoms with van der Waals surface area (Å²) in [5.74, 6) is -0.448. The Hall–Kier alpha value is -1.72. The molecule has 0 amide bonds. The van der Waals surface area contributed by atoms with Gasteiger partial charge in [-0.3, -0.25) is 0 Å². The van der Waals surface area contributed by atoms with Crippen LogP contribution in [0, 0.1) is 5.82 Å². The number of nitrogens with one attached hydrogen (secondary N) is 1. The maximum absolute atomic E-state index is 13.0. The molecule has 128 valence electrons. The fraction of sp³-hybridized carbons (Fsp3) is 0.368. The minimum atomic E-state index is -3.67. The lowest BCUT2D eigenvalue weighted by Crippen LogP contribution is -2.28. The van der Waals surface area contributed by atoms with E-state index >= 15 is 0 Å². The van der Waals surface area contributed by atoms with Crippen molar-refractivity contribution in [1.82, 2.24) is 4.72 Å². The van der Waals surface area contributed by atoms with Crippen molar-refractivity contribution in [3.8, 4) is 0 Å². The summed E-state index contributed by atoms with van der Waals surface area (Å²) in [5, 5.41) is 0. The molecule has 0 radical (unpaired) electrons. The van der Waals surface area contributed by atoms with Crippen molar-refractivity contribution in [1.29, 1.82) is 0 Å². The molecule has 0 bridgehead atoms. The third kappa shape index (κ3) is 3.68. The molecule has 1 N–H and O–H groups in total. The summed E-state index contributed by atoms with van der Waals surface area (Å²) in [6.07, 6.45) is 5.23. The van der Waals surface area contributed by atoms with Gasteiger partial charge in [0.15, 0.2) is 0 Å². The van der Waals surface area contributed by atoms with Crippen LogP contribution in [0.25, 0.3) is 0 Å². The first-order chi connectivity index (χ1) is 11.5. The van der Waals surface area contributed by atoms with Crippen molar-refractivity contribution in [2.45, 2.75) is 50.0 Å². The second kappa shape index (κ2) is 7.03. The molecule has 1 aliphatic carbocycles. The van der Waals surface area contributed by atoms with Gasteiger partial charge in [-0.15, -0.1) is 0 Å². The Bertz CT molecular complexity index is 816. The summed E-state index contributed by atoms with van der Waals surface area (Å²) in [6, 6.07) is 10.9. The van der Waals surface area contributed by atoms with Gasteiger partial charge in [0.05, 0.1) is 4.90 Å². The SMILES string of the molecule is CC[C@@H](NS(=O)(=O)c1ccc(F)cc1)c1ccc2c(c1)CCCC2. The zero-order valence-corrected chi connectivity index (χ0v) is 14.6. The van der Waals surface area contributed by atoms with Gasteiger partial charge in [-0.1, -0.05) is 25.1 Å². The standard InChI is InChI=1S/C19H22FNO2S/c1-2-19(16-8-7-14-5-3-4-6-15(14)13-16)21-24(22,23)18-11-9-17(20)10-12-18/h7-13,19,21H,2-6H2,1H3/t19-/m1/s1. The Morgan fingerprint density at radius 1 is 1.04 bits per heavy atom. The highest BCUT2D eigenvalue weighted by molar-refractivity contribution is 7.89. The van der Waals surface area contributed by atoms with Crippen LogP contribution < -0.4 is 4.72 Å². The van der Waals surface area contributed by atoms with Crippen LogP contribution in [0.15, 0.2) is 47.4 Å². The van der Waals surface area contributed by atoms with Crippen LogP contribution in [0.5, 0.6) is 0 Å². The van der Waals surface area contributed by atoms with Gasteiger partial charge in [0.25, 0.3) is 0 Å². The van der Waals surface area contributed by atoms with Gasteiger partial charge in [-0.05, 0) is 73.1 Å². The van der Waals surface area contributed by atoms with Crippen LogP contribution in [-0.4, -0.2) is 8.42 Å². The summed E-state index contributed by atoms with van der Waals surface area (Å²) >= 11 is 0. The van der Waals surface area contributed by atoms with Gasteiger partial charge in [0.2, 0.25) is 10.0 Å². The zero-order chi connectivity index (χ0) is 17.2. The first-order valence-electron chi connectivity index (χ1n) is 8.39. The van der Waals surface area contributed by atoms with E-state index in [1.807, 2.05) is 13.0 Å². The monoisotopic (exact) mass is 347 g/mol. The van der Waals surface area contributed by atoms with E-state index in [0.29, 0.717) is 6.42 Å². The third-order valence-electron chi connectivity index (χ3n) is 4.60. The second-order valence-corrected chi connectivity index (χ2v) is 7.99. The third-order valence-corrected chi connectivity index (χ3v) is 6.09. The van der Waals surface area contributed by atoms with Crippen LogP contribution in [0.3, 0.4) is 0 Å². The van der Waals surface area contributed by atoms with Gasteiger partial charge in [0.1, 0.15) is 5.82 Å². The quantitative estimate of drug-likeness (QED) is 0.884. The number of sulfonamides is 1. The maximum Gasteiger partial charge on any atom is 0.241 e. The fourth-order valence-electron chi connectivity index (χ4n) is 3.23. The summed E-state index contributed by atoms with van der Waals surface area (Å²) in [5.41, 5.74) is 3.70. The molecule has 0 saturated heterocycles. The Balaban J connectivity index is 1.85. The predicted molar refractivity (Wildman–Crippen MR) is 92.8 cm³/mol. The van der Waals surface area contributed by atoms with E-state index in [-0.39, 0.29) is 10.9 Å². The highest BCUT2D eigenvalue weighted by Gasteiger charge is 2.21. The molecule has 0 aromatic heterocycles. The lowest BCUT2D eigenvalue weighted by atomic mass is 9.89. The van der Waals surface area contributed by atoms with Gasteiger partial charge < -0.3 is 0 Å². The molecule has 5 heteroatoms. The normalized spacial score (nSPS) is 15.8. The highest BCUT2D eigenvalue weighted by atomic mass is 32.2. The van der Waals surface area contributed by atoms with Crippen LogP contribution >= 0.6 is 0 Å². The molecule has 1 aliphatic rings. The first kappa shape index (κ1) is 17.1. The van der Waals surface area contributed by atoms with Crippen molar-refractivity contribution >= 4 is 10.0 Å².